The third-order valence-corrected chi connectivity index (χ3v) is 3.50. The van der Waals surface area contributed by atoms with Crippen molar-refractivity contribution in [2.75, 3.05) is 0 Å². The lowest BCUT2D eigenvalue weighted by Crippen LogP contribution is -2.25. The monoisotopic (exact) mass is 260 g/mol. The van der Waals surface area contributed by atoms with Crippen LogP contribution >= 0.6 is 0 Å². The first-order chi connectivity index (χ1) is 9.24. The van der Waals surface area contributed by atoms with E-state index in [2.05, 4.69) is 17.4 Å². The molecule has 1 N–H and O–H groups in total. The van der Waals surface area contributed by atoms with Crippen LogP contribution < -0.4 is 5.32 Å². The van der Waals surface area contributed by atoms with Crippen molar-refractivity contribution < 1.29 is 13.7 Å². The molecule has 0 radical (unpaired) electrons. The number of amides is 1. The molecule has 1 aliphatic rings. The molecule has 0 aromatic carbocycles. The van der Waals surface area contributed by atoms with Crippen LogP contribution in [0.1, 0.15) is 40.9 Å². The fourth-order valence-electron chi connectivity index (χ4n) is 2.42. The van der Waals surface area contributed by atoms with Gasteiger partial charge in [-0.1, -0.05) is 12.1 Å². The van der Waals surface area contributed by atoms with Crippen molar-refractivity contribution in [3.63, 3.8) is 0 Å². The number of fused-ring (bicyclic) bond motifs is 1. The zero-order valence-corrected chi connectivity index (χ0v) is 10.8. The number of nitrogens with one attached hydrogen (secondary N) is 1. The van der Waals surface area contributed by atoms with Gasteiger partial charge in [-0.25, -0.2) is 0 Å². The van der Waals surface area contributed by atoms with Gasteiger partial charge < -0.3 is 14.3 Å². The molecule has 1 amide bonds. The van der Waals surface area contributed by atoms with Gasteiger partial charge in [0.15, 0.2) is 5.69 Å². The summed E-state index contributed by atoms with van der Waals surface area (Å²) in [4.78, 5) is 12.1. The van der Waals surface area contributed by atoms with E-state index in [4.69, 9.17) is 8.94 Å². The number of hydrogen-bond acceptors (Lipinski definition) is 4. The van der Waals surface area contributed by atoms with Crippen LogP contribution in [0.3, 0.4) is 0 Å². The summed E-state index contributed by atoms with van der Waals surface area (Å²) in [5.74, 6) is 1.96. The Morgan fingerprint density at radius 1 is 1.58 bits per heavy atom. The molecule has 0 saturated carbocycles. The van der Waals surface area contributed by atoms with Crippen molar-refractivity contribution in [3.8, 4) is 0 Å². The summed E-state index contributed by atoms with van der Waals surface area (Å²) >= 11 is 0. The molecule has 2 aromatic heterocycles. The van der Waals surface area contributed by atoms with Gasteiger partial charge in [0.05, 0.1) is 12.8 Å². The Morgan fingerprint density at radius 3 is 3.26 bits per heavy atom. The Hall–Kier alpha value is -2.04. The number of aryl methyl sites for hydroxylation is 1. The molecule has 19 heavy (non-hydrogen) atoms. The average Bonchev–Trinajstić information content (AvgIpc) is 3.04. The topological polar surface area (TPSA) is 68.3 Å². The van der Waals surface area contributed by atoms with Gasteiger partial charge in [-0.3, -0.25) is 4.79 Å². The van der Waals surface area contributed by atoms with Crippen LogP contribution in [0.4, 0.5) is 0 Å². The van der Waals surface area contributed by atoms with Gasteiger partial charge in [0, 0.05) is 12.0 Å². The minimum atomic E-state index is -0.199. The molecular formula is C14H16N2O3. The Labute approximate surface area is 111 Å². The normalized spacial score (nSPS) is 18.1. The summed E-state index contributed by atoms with van der Waals surface area (Å²) in [7, 11) is 0. The van der Waals surface area contributed by atoms with Crippen molar-refractivity contribution >= 4 is 5.91 Å². The summed E-state index contributed by atoms with van der Waals surface area (Å²) in [5.41, 5.74) is 1.39. The van der Waals surface area contributed by atoms with Crippen molar-refractivity contribution in [1.82, 2.24) is 10.5 Å². The lowest BCUT2D eigenvalue weighted by Gasteiger charge is -2.16. The highest BCUT2D eigenvalue weighted by molar-refractivity contribution is 5.93. The molecule has 2 heterocycles. The largest absolute Gasteiger partial charge is 0.467 e. The van der Waals surface area contributed by atoms with E-state index in [1.807, 2.05) is 6.07 Å². The third-order valence-electron chi connectivity index (χ3n) is 3.50. The smallest absolute Gasteiger partial charge is 0.274 e. The second kappa shape index (κ2) is 4.91. The zero-order chi connectivity index (χ0) is 13.2. The maximum Gasteiger partial charge on any atom is 0.274 e. The molecule has 0 spiro atoms. The molecule has 100 valence electrons. The van der Waals surface area contributed by atoms with Crippen LogP contribution in [-0.2, 0) is 19.4 Å². The molecule has 5 nitrogen and oxygen atoms in total. The molecule has 0 saturated heterocycles. The van der Waals surface area contributed by atoms with Crippen molar-refractivity contribution in [1.29, 1.82) is 0 Å². The minimum Gasteiger partial charge on any atom is -0.467 e. The van der Waals surface area contributed by atoms with Crippen LogP contribution in [0.15, 0.2) is 27.3 Å². The van der Waals surface area contributed by atoms with E-state index in [0.717, 1.165) is 36.3 Å². The third kappa shape index (κ3) is 2.41. The molecule has 1 atom stereocenters. The average molecular weight is 260 g/mol. The Bertz CT molecular complexity index is 572. The summed E-state index contributed by atoms with van der Waals surface area (Å²) < 4.78 is 10.4. The summed E-state index contributed by atoms with van der Waals surface area (Å²) in [6.45, 7) is 2.55. The molecule has 0 aliphatic heterocycles. The van der Waals surface area contributed by atoms with Gasteiger partial charge in [-0.05, 0) is 30.9 Å². The Morgan fingerprint density at radius 2 is 2.47 bits per heavy atom. The molecule has 0 bridgehead atoms. The molecule has 3 rings (SSSR count). The van der Waals surface area contributed by atoms with E-state index in [9.17, 15) is 4.79 Å². The molecule has 1 unspecified atom stereocenters. The van der Waals surface area contributed by atoms with E-state index < -0.39 is 0 Å². The second-order valence-electron chi connectivity index (χ2n) is 5.04. The van der Waals surface area contributed by atoms with E-state index >= 15 is 0 Å². The Kier molecular flexibility index (Phi) is 3.11. The SMILES string of the molecule is CC1CCc2onc(C(=O)NCc3ccco3)c2C1. The Balaban J connectivity index is 1.72. The minimum absolute atomic E-state index is 0.199. The van der Waals surface area contributed by atoms with Crippen LogP contribution in [0.2, 0.25) is 0 Å². The number of aromatic nitrogens is 1. The summed E-state index contributed by atoms with van der Waals surface area (Å²) in [6, 6.07) is 3.61. The number of rotatable bonds is 3. The first kappa shape index (κ1) is 12.0. The molecular weight excluding hydrogens is 244 g/mol. The lowest BCUT2D eigenvalue weighted by atomic mass is 9.88. The van der Waals surface area contributed by atoms with Crippen LogP contribution in [0.5, 0.6) is 0 Å². The fourth-order valence-corrected chi connectivity index (χ4v) is 2.42. The highest BCUT2D eigenvalue weighted by Gasteiger charge is 2.26. The highest BCUT2D eigenvalue weighted by Crippen LogP contribution is 2.27. The predicted molar refractivity (Wildman–Crippen MR) is 67.6 cm³/mol. The van der Waals surface area contributed by atoms with Gasteiger partial charge in [-0.15, -0.1) is 0 Å². The van der Waals surface area contributed by atoms with Gasteiger partial charge in [0.1, 0.15) is 11.5 Å². The number of hydrogen-bond donors (Lipinski definition) is 1. The molecule has 0 fully saturated rings. The van der Waals surface area contributed by atoms with Crippen molar-refractivity contribution in [3.05, 3.63) is 41.2 Å². The van der Waals surface area contributed by atoms with Crippen LogP contribution in [0.25, 0.3) is 0 Å². The van der Waals surface area contributed by atoms with Crippen LogP contribution in [-0.4, -0.2) is 11.1 Å². The fraction of sp³-hybridized carbons (Fsp3) is 0.429. The number of nitrogens with zero attached hydrogens (tertiary/aromatic N) is 1. The lowest BCUT2D eigenvalue weighted by molar-refractivity contribution is 0.0938. The molecule has 5 heteroatoms. The first-order valence-electron chi connectivity index (χ1n) is 6.52. The molecule has 2 aromatic rings. The first-order valence-corrected chi connectivity index (χ1v) is 6.52. The maximum absolute atomic E-state index is 12.1. The quantitative estimate of drug-likeness (QED) is 0.919. The number of furan rings is 1. The van der Waals surface area contributed by atoms with E-state index in [1.165, 1.54) is 0 Å². The zero-order valence-electron chi connectivity index (χ0n) is 10.8. The van der Waals surface area contributed by atoms with Gasteiger partial charge in [0.2, 0.25) is 0 Å². The second-order valence-corrected chi connectivity index (χ2v) is 5.04. The van der Waals surface area contributed by atoms with Gasteiger partial charge in [0.25, 0.3) is 5.91 Å². The van der Waals surface area contributed by atoms with Crippen molar-refractivity contribution in [2.24, 2.45) is 5.92 Å². The standard InChI is InChI=1S/C14H16N2O3/c1-9-4-5-12-11(7-9)13(16-19-12)14(17)15-8-10-3-2-6-18-10/h2-3,6,9H,4-5,7-8H2,1H3,(H,15,17). The van der Waals surface area contributed by atoms with Gasteiger partial charge in [-0.2, -0.15) is 0 Å². The molecule has 1 aliphatic carbocycles. The highest BCUT2D eigenvalue weighted by atomic mass is 16.5. The summed E-state index contributed by atoms with van der Waals surface area (Å²) in [6.07, 6.45) is 4.41. The number of carbonyl (C=O) groups is 1. The predicted octanol–water partition coefficient (Wildman–Crippen LogP) is 2.32. The van der Waals surface area contributed by atoms with Crippen LogP contribution in [0, 0.1) is 5.92 Å². The van der Waals surface area contributed by atoms with Crippen molar-refractivity contribution in [2.45, 2.75) is 32.7 Å². The van der Waals surface area contributed by atoms with E-state index in [1.54, 1.807) is 12.3 Å². The maximum atomic E-state index is 12.1. The summed E-state index contributed by atoms with van der Waals surface area (Å²) in [5, 5.41) is 6.71. The van der Waals surface area contributed by atoms with E-state index in [-0.39, 0.29) is 5.91 Å². The van der Waals surface area contributed by atoms with E-state index in [0.29, 0.717) is 18.2 Å². The number of carbonyl (C=O) groups excluding carboxylic acids is 1. The van der Waals surface area contributed by atoms with Gasteiger partial charge >= 0.3 is 0 Å².